The van der Waals surface area contributed by atoms with Crippen molar-refractivity contribution in [2.45, 2.75) is 50.7 Å². The van der Waals surface area contributed by atoms with Crippen LogP contribution in [0.2, 0.25) is 0 Å². The number of hydrogen-bond donors (Lipinski definition) is 0. The molecule has 62 valence electrons. The first kappa shape index (κ1) is 7.29. The van der Waals surface area contributed by atoms with Gasteiger partial charge in [0, 0.05) is 0 Å². The van der Waals surface area contributed by atoms with Gasteiger partial charge in [-0.15, -0.1) is 0 Å². The number of hydrogen-bond acceptors (Lipinski definition) is 2. The molecule has 2 atom stereocenters. The van der Waals surface area contributed by atoms with Gasteiger partial charge < -0.3 is 4.74 Å². The fourth-order valence-corrected chi connectivity index (χ4v) is 2.38. The Morgan fingerprint density at radius 1 is 1.36 bits per heavy atom. The van der Waals surface area contributed by atoms with Gasteiger partial charge in [0.1, 0.15) is 5.60 Å². The lowest BCUT2D eigenvalue weighted by atomic mass is 9.78. The summed E-state index contributed by atoms with van der Waals surface area (Å²) >= 11 is 0. The summed E-state index contributed by atoms with van der Waals surface area (Å²) in [7, 11) is 0. The molecule has 0 spiro atoms. The smallest absolute Gasteiger partial charge is 0.164 e. The van der Waals surface area contributed by atoms with Crippen LogP contribution in [0.4, 0.5) is 0 Å². The molecular formula is C9H14O2. The van der Waals surface area contributed by atoms with Crippen molar-refractivity contribution in [1.29, 1.82) is 0 Å². The quantitative estimate of drug-likeness (QED) is 0.538. The van der Waals surface area contributed by atoms with Crippen LogP contribution in [-0.2, 0) is 9.53 Å². The summed E-state index contributed by atoms with van der Waals surface area (Å²) in [5.41, 5.74) is -0.442. The van der Waals surface area contributed by atoms with E-state index in [2.05, 4.69) is 6.92 Å². The zero-order valence-electron chi connectivity index (χ0n) is 7.14. The van der Waals surface area contributed by atoms with Gasteiger partial charge in [0.25, 0.3) is 0 Å². The maximum absolute atomic E-state index is 11.2. The minimum atomic E-state index is -0.356. The standard InChI is InChI=1S/C9H14O2/c1-7(10)9-6-4-3-5-8(9,2)11-9/h3-6H2,1-2H3. The Labute approximate surface area is 66.9 Å². The molecule has 0 aromatic heterocycles. The molecule has 0 aromatic carbocycles. The summed E-state index contributed by atoms with van der Waals surface area (Å²) in [5.74, 6) is 0.222. The SMILES string of the molecule is CC(=O)C12CCCCC1(C)O2. The summed E-state index contributed by atoms with van der Waals surface area (Å²) in [6.07, 6.45) is 4.37. The molecule has 0 aromatic rings. The van der Waals surface area contributed by atoms with Crippen molar-refractivity contribution in [1.82, 2.24) is 0 Å². The van der Waals surface area contributed by atoms with E-state index in [0.29, 0.717) is 0 Å². The molecule has 2 rings (SSSR count). The van der Waals surface area contributed by atoms with Gasteiger partial charge in [-0.3, -0.25) is 4.79 Å². The van der Waals surface area contributed by atoms with Crippen LogP contribution in [0.15, 0.2) is 0 Å². The highest BCUT2D eigenvalue weighted by Gasteiger charge is 2.70. The average Bonchev–Trinajstić information content (AvgIpc) is 2.56. The Morgan fingerprint density at radius 2 is 2.00 bits per heavy atom. The highest BCUT2D eigenvalue weighted by molar-refractivity contribution is 5.89. The molecule has 0 bridgehead atoms. The molecule has 2 fully saturated rings. The number of epoxide rings is 1. The van der Waals surface area contributed by atoms with Crippen LogP contribution in [0.25, 0.3) is 0 Å². The Balaban J connectivity index is 2.23. The fraction of sp³-hybridized carbons (Fsp3) is 0.889. The Kier molecular flexibility index (Phi) is 1.23. The third kappa shape index (κ3) is 0.734. The van der Waals surface area contributed by atoms with Crippen molar-refractivity contribution in [3.05, 3.63) is 0 Å². The predicted octanol–water partition coefficient (Wildman–Crippen LogP) is 1.68. The van der Waals surface area contributed by atoms with E-state index in [0.717, 1.165) is 19.3 Å². The van der Waals surface area contributed by atoms with E-state index in [1.165, 1.54) is 6.42 Å². The van der Waals surface area contributed by atoms with Crippen molar-refractivity contribution in [2.75, 3.05) is 0 Å². The molecule has 11 heavy (non-hydrogen) atoms. The molecule has 2 heteroatoms. The molecule has 1 saturated carbocycles. The van der Waals surface area contributed by atoms with Crippen molar-refractivity contribution in [2.24, 2.45) is 0 Å². The minimum Gasteiger partial charge on any atom is -0.355 e. The maximum atomic E-state index is 11.2. The first-order chi connectivity index (χ1) is 5.11. The van der Waals surface area contributed by atoms with Crippen molar-refractivity contribution in [3.8, 4) is 0 Å². The third-order valence-electron chi connectivity index (χ3n) is 3.21. The van der Waals surface area contributed by atoms with Gasteiger partial charge in [-0.25, -0.2) is 0 Å². The molecule has 0 amide bonds. The van der Waals surface area contributed by atoms with E-state index in [-0.39, 0.29) is 17.0 Å². The largest absolute Gasteiger partial charge is 0.355 e. The van der Waals surface area contributed by atoms with Crippen molar-refractivity contribution in [3.63, 3.8) is 0 Å². The van der Waals surface area contributed by atoms with E-state index >= 15 is 0 Å². The lowest BCUT2D eigenvalue weighted by molar-refractivity contribution is -0.122. The zero-order chi connectivity index (χ0) is 8.11. The van der Waals surface area contributed by atoms with Crippen LogP contribution >= 0.6 is 0 Å². The predicted molar refractivity (Wildman–Crippen MR) is 41.4 cm³/mol. The van der Waals surface area contributed by atoms with E-state index in [4.69, 9.17) is 4.74 Å². The van der Waals surface area contributed by atoms with Crippen LogP contribution in [0.5, 0.6) is 0 Å². The summed E-state index contributed by atoms with van der Waals surface area (Å²) in [5, 5.41) is 0. The zero-order valence-corrected chi connectivity index (χ0v) is 7.14. The third-order valence-corrected chi connectivity index (χ3v) is 3.21. The second kappa shape index (κ2) is 1.86. The average molecular weight is 154 g/mol. The molecular weight excluding hydrogens is 140 g/mol. The first-order valence-corrected chi connectivity index (χ1v) is 4.32. The lowest BCUT2D eigenvalue weighted by Crippen LogP contribution is -2.33. The molecule has 0 radical (unpaired) electrons. The van der Waals surface area contributed by atoms with E-state index in [9.17, 15) is 4.79 Å². The summed E-state index contributed by atoms with van der Waals surface area (Å²) in [4.78, 5) is 11.2. The number of Topliss-reactive ketones (excluding diaryl/α,β-unsaturated/α-hetero) is 1. The molecule has 2 nitrogen and oxygen atoms in total. The molecule has 2 aliphatic rings. The summed E-state index contributed by atoms with van der Waals surface area (Å²) in [6, 6.07) is 0. The molecule has 0 N–H and O–H groups in total. The monoisotopic (exact) mass is 154 g/mol. The summed E-state index contributed by atoms with van der Waals surface area (Å²) in [6.45, 7) is 3.71. The first-order valence-electron chi connectivity index (χ1n) is 4.32. The van der Waals surface area contributed by atoms with Crippen molar-refractivity contribution >= 4 is 5.78 Å². The van der Waals surface area contributed by atoms with Crippen LogP contribution in [0.1, 0.15) is 39.5 Å². The molecule has 1 saturated heterocycles. The van der Waals surface area contributed by atoms with Gasteiger partial charge in [0.15, 0.2) is 11.4 Å². The Morgan fingerprint density at radius 3 is 2.45 bits per heavy atom. The Bertz CT molecular complexity index is 208. The second-order valence-electron chi connectivity index (χ2n) is 3.92. The minimum absolute atomic E-state index is 0.0862. The molecule has 2 unspecified atom stereocenters. The van der Waals surface area contributed by atoms with Gasteiger partial charge in [-0.1, -0.05) is 6.42 Å². The van der Waals surface area contributed by atoms with Gasteiger partial charge in [-0.2, -0.15) is 0 Å². The molecule has 1 aliphatic heterocycles. The number of fused-ring (bicyclic) bond motifs is 1. The van der Waals surface area contributed by atoms with E-state index in [1.807, 2.05) is 0 Å². The van der Waals surface area contributed by atoms with Gasteiger partial charge in [0.05, 0.1) is 0 Å². The van der Waals surface area contributed by atoms with Gasteiger partial charge >= 0.3 is 0 Å². The lowest BCUT2D eigenvalue weighted by Gasteiger charge is -2.19. The number of rotatable bonds is 1. The highest BCUT2D eigenvalue weighted by Crippen LogP contribution is 2.57. The topological polar surface area (TPSA) is 29.6 Å². The maximum Gasteiger partial charge on any atom is 0.164 e. The normalized spacial score (nSPS) is 48.2. The Hall–Kier alpha value is -0.370. The van der Waals surface area contributed by atoms with E-state index in [1.54, 1.807) is 6.92 Å². The van der Waals surface area contributed by atoms with Crippen molar-refractivity contribution < 1.29 is 9.53 Å². The second-order valence-corrected chi connectivity index (χ2v) is 3.92. The fourth-order valence-electron chi connectivity index (χ4n) is 2.38. The summed E-state index contributed by atoms with van der Waals surface area (Å²) < 4.78 is 5.56. The van der Waals surface area contributed by atoms with Gasteiger partial charge in [0.2, 0.25) is 0 Å². The van der Waals surface area contributed by atoms with Crippen LogP contribution < -0.4 is 0 Å². The molecule has 1 heterocycles. The number of carbonyl (C=O) groups excluding carboxylic acids is 1. The van der Waals surface area contributed by atoms with Crippen LogP contribution in [0.3, 0.4) is 0 Å². The molecule has 1 aliphatic carbocycles. The highest BCUT2D eigenvalue weighted by atomic mass is 16.6. The van der Waals surface area contributed by atoms with Crippen LogP contribution in [0, 0.1) is 0 Å². The number of ketones is 1. The van der Waals surface area contributed by atoms with Gasteiger partial charge in [-0.05, 0) is 33.1 Å². The number of ether oxygens (including phenoxy) is 1. The van der Waals surface area contributed by atoms with E-state index < -0.39 is 0 Å². The number of carbonyl (C=O) groups is 1. The van der Waals surface area contributed by atoms with Crippen LogP contribution in [-0.4, -0.2) is 17.0 Å².